The Morgan fingerprint density at radius 3 is 2.67 bits per heavy atom. The van der Waals surface area contributed by atoms with E-state index in [9.17, 15) is 18.8 Å². The molecule has 11 nitrogen and oxygen atoms in total. The van der Waals surface area contributed by atoms with Crippen LogP contribution in [-0.2, 0) is 21.6 Å². The number of benzene rings is 1. The summed E-state index contributed by atoms with van der Waals surface area (Å²) in [4.78, 5) is 40.7. The molecule has 13 heteroatoms. The van der Waals surface area contributed by atoms with Crippen LogP contribution in [0.15, 0.2) is 40.2 Å². The molecule has 0 N–H and O–H groups in total. The Labute approximate surface area is 226 Å². The second-order valence-electron chi connectivity index (χ2n) is 9.36. The summed E-state index contributed by atoms with van der Waals surface area (Å²) in [7, 11) is 1.43. The summed E-state index contributed by atoms with van der Waals surface area (Å²) in [6.07, 6.45) is 2.23. The molecule has 0 saturated carbocycles. The molecule has 3 heterocycles. The predicted molar refractivity (Wildman–Crippen MR) is 142 cm³/mol. The van der Waals surface area contributed by atoms with Gasteiger partial charge in [0.1, 0.15) is 33.0 Å². The van der Waals surface area contributed by atoms with Gasteiger partial charge < -0.3 is 9.47 Å². The van der Waals surface area contributed by atoms with Crippen LogP contribution < -0.4 is 16.0 Å². The molecule has 0 amide bonds. The average Bonchev–Trinajstić information content (AvgIpc) is 3.53. The molecule has 0 aliphatic heterocycles. The Balaban J connectivity index is 2.04. The summed E-state index contributed by atoms with van der Waals surface area (Å²) in [5.74, 6) is -0.600. The van der Waals surface area contributed by atoms with Crippen LogP contribution in [0.4, 0.5) is 4.39 Å². The second kappa shape index (κ2) is 10.9. The van der Waals surface area contributed by atoms with Crippen molar-refractivity contribution >= 4 is 27.3 Å². The molecular formula is C26H27FN6O5S. The standard InChI is InChI=1S/C26H27FN6O5S/c1-15-21-22(35)33(26(3,4)16(2)34)25(36)31(24(21)39-23(15)32-11-10-29-30-32)14-20(38-12-6-9-28)18-13-17(27)7-8-19(18)37-5/h7-8,10-11,13,20H,6,12,14H2,1-5H3/t20-/m0/s1. The molecule has 0 aliphatic carbocycles. The molecule has 0 saturated heterocycles. The molecule has 3 aromatic heterocycles. The van der Waals surface area contributed by atoms with Gasteiger partial charge in [0, 0.05) is 11.1 Å². The second-order valence-corrected chi connectivity index (χ2v) is 10.3. The van der Waals surface area contributed by atoms with E-state index in [1.807, 2.05) is 6.07 Å². The maximum absolute atomic E-state index is 14.4. The number of ether oxygens (including phenoxy) is 2. The average molecular weight is 555 g/mol. The summed E-state index contributed by atoms with van der Waals surface area (Å²) < 4.78 is 29.5. The lowest BCUT2D eigenvalue weighted by Gasteiger charge is -2.26. The van der Waals surface area contributed by atoms with Gasteiger partial charge in [-0.3, -0.25) is 14.2 Å². The minimum atomic E-state index is -1.46. The number of methoxy groups -OCH3 is 1. The third-order valence-corrected chi connectivity index (χ3v) is 7.96. The van der Waals surface area contributed by atoms with Crippen molar-refractivity contribution in [3.8, 4) is 16.8 Å². The number of aromatic nitrogens is 5. The Bertz CT molecular complexity index is 1700. The van der Waals surface area contributed by atoms with Gasteiger partial charge in [-0.2, -0.15) is 5.26 Å². The fourth-order valence-corrected chi connectivity index (χ4v) is 5.53. The van der Waals surface area contributed by atoms with E-state index in [0.29, 0.717) is 26.7 Å². The van der Waals surface area contributed by atoms with E-state index in [0.717, 1.165) is 15.9 Å². The Morgan fingerprint density at radius 2 is 2.05 bits per heavy atom. The first kappa shape index (κ1) is 27.9. The molecule has 4 aromatic rings. The van der Waals surface area contributed by atoms with Crippen molar-refractivity contribution in [1.29, 1.82) is 5.26 Å². The number of Topliss-reactive ketones (excluding diaryl/α,β-unsaturated/α-hetero) is 1. The fraction of sp³-hybridized carbons (Fsp3) is 0.385. The van der Waals surface area contributed by atoms with Crippen LogP contribution in [0.5, 0.6) is 5.75 Å². The topological polar surface area (TPSA) is 134 Å². The normalized spacial score (nSPS) is 12.4. The molecule has 0 aliphatic rings. The highest BCUT2D eigenvalue weighted by molar-refractivity contribution is 7.21. The molecule has 1 atom stereocenters. The number of thiophene rings is 1. The monoisotopic (exact) mass is 554 g/mol. The van der Waals surface area contributed by atoms with Crippen molar-refractivity contribution in [3.63, 3.8) is 0 Å². The number of nitriles is 1. The van der Waals surface area contributed by atoms with Crippen LogP contribution in [-0.4, -0.2) is 43.6 Å². The molecule has 39 heavy (non-hydrogen) atoms. The van der Waals surface area contributed by atoms with E-state index in [2.05, 4.69) is 10.3 Å². The summed E-state index contributed by atoms with van der Waals surface area (Å²) in [6.45, 7) is 5.90. The van der Waals surface area contributed by atoms with Gasteiger partial charge >= 0.3 is 5.69 Å². The maximum atomic E-state index is 14.4. The van der Waals surface area contributed by atoms with E-state index in [1.165, 1.54) is 61.5 Å². The van der Waals surface area contributed by atoms with Gasteiger partial charge in [-0.25, -0.2) is 18.4 Å². The highest BCUT2D eigenvalue weighted by atomic mass is 32.1. The number of halogens is 1. The van der Waals surface area contributed by atoms with Crippen LogP contribution in [0.2, 0.25) is 0 Å². The SMILES string of the molecule is COc1ccc(F)cc1[C@H](Cn1c(=O)n(C(C)(C)C(C)=O)c(=O)c2c(C)c(-n3ccnn3)sc21)OCCC#N. The maximum Gasteiger partial charge on any atom is 0.333 e. The fourth-order valence-electron chi connectivity index (χ4n) is 4.29. The molecule has 0 spiro atoms. The smallest absolute Gasteiger partial charge is 0.333 e. The number of aryl methyl sites for hydroxylation is 1. The van der Waals surface area contributed by atoms with E-state index < -0.39 is 28.7 Å². The zero-order valence-electron chi connectivity index (χ0n) is 22.1. The molecule has 204 valence electrons. The van der Waals surface area contributed by atoms with Crippen molar-refractivity contribution < 1.29 is 18.7 Å². The Morgan fingerprint density at radius 1 is 1.31 bits per heavy atom. The first-order valence-corrected chi connectivity index (χ1v) is 12.8. The third kappa shape index (κ3) is 5.00. The Hall–Kier alpha value is -4.15. The number of carbonyl (C=O) groups is 1. The number of nitrogens with zero attached hydrogens (tertiary/aromatic N) is 6. The number of ketones is 1. The summed E-state index contributed by atoms with van der Waals surface area (Å²) in [5, 5.41) is 17.7. The zero-order valence-corrected chi connectivity index (χ0v) is 22.9. The lowest BCUT2D eigenvalue weighted by atomic mass is 10.00. The number of carbonyl (C=O) groups excluding carboxylic acids is 1. The first-order valence-electron chi connectivity index (χ1n) is 12.0. The van der Waals surface area contributed by atoms with E-state index in [-0.39, 0.29) is 30.7 Å². The quantitative estimate of drug-likeness (QED) is 0.273. The van der Waals surface area contributed by atoms with Gasteiger partial charge in [0.25, 0.3) is 5.56 Å². The van der Waals surface area contributed by atoms with Gasteiger partial charge in [0.2, 0.25) is 0 Å². The molecule has 0 fully saturated rings. The van der Waals surface area contributed by atoms with Crippen molar-refractivity contribution in [1.82, 2.24) is 24.1 Å². The number of fused-ring (bicyclic) bond motifs is 1. The minimum absolute atomic E-state index is 0.00494. The lowest BCUT2D eigenvalue weighted by Crippen LogP contribution is -2.52. The highest BCUT2D eigenvalue weighted by Crippen LogP contribution is 2.34. The van der Waals surface area contributed by atoms with E-state index in [1.54, 1.807) is 13.1 Å². The predicted octanol–water partition coefficient (Wildman–Crippen LogP) is 3.26. The molecular weight excluding hydrogens is 527 g/mol. The van der Waals surface area contributed by atoms with Crippen molar-refractivity contribution in [2.24, 2.45) is 0 Å². The number of hydrogen-bond donors (Lipinski definition) is 0. The first-order chi connectivity index (χ1) is 18.5. The van der Waals surface area contributed by atoms with Gasteiger partial charge in [0.05, 0.1) is 50.5 Å². The summed E-state index contributed by atoms with van der Waals surface area (Å²) in [5.41, 5.74) is -1.93. The molecule has 0 unspecified atom stereocenters. The van der Waals surface area contributed by atoms with Crippen LogP contribution >= 0.6 is 11.3 Å². The van der Waals surface area contributed by atoms with Crippen LogP contribution in [0, 0.1) is 24.1 Å². The summed E-state index contributed by atoms with van der Waals surface area (Å²) >= 11 is 1.15. The van der Waals surface area contributed by atoms with Crippen LogP contribution in [0.3, 0.4) is 0 Å². The van der Waals surface area contributed by atoms with Gasteiger partial charge in [-0.05, 0) is 45.9 Å². The van der Waals surface area contributed by atoms with Gasteiger partial charge in [-0.1, -0.05) is 16.6 Å². The van der Waals surface area contributed by atoms with Crippen molar-refractivity contribution in [3.05, 3.63) is 68.4 Å². The molecule has 4 rings (SSSR count). The van der Waals surface area contributed by atoms with Crippen molar-refractivity contribution in [2.45, 2.75) is 52.3 Å². The van der Waals surface area contributed by atoms with Crippen LogP contribution in [0.25, 0.3) is 15.2 Å². The van der Waals surface area contributed by atoms with E-state index in [4.69, 9.17) is 14.7 Å². The minimum Gasteiger partial charge on any atom is -0.496 e. The van der Waals surface area contributed by atoms with Gasteiger partial charge in [0.15, 0.2) is 5.78 Å². The zero-order chi connectivity index (χ0) is 28.5. The highest BCUT2D eigenvalue weighted by Gasteiger charge is 2.34. The molecule has 0 bridgehead atoms. The van der Waals surface area contributed by atoms with E-state index >= 15 is 0 Å². The number of rotatable bonds is 10. The van der Waals surface area contributed by atoms with Gasteiger partial charge in [-0.15, -0.1) is 5.10 Å². The van der Waals surface area contributed by atoms with Crippen molar-refractivity contribution in [2.75, 3.05) is 13.7 Å². The lowest BCUT2D eigenvalue weighted by molar-refractivity contribution is -0.124. The van der Waals surface area contributed by atoms with Crippen LogP contribution in [0.1, 0.15) is 44.4 Å². The Kier molecular flexibility index (Phi) is 7.80. The number of hydrogen-bond acceptors (Lipinski definition) is 9. The molecule has 1 aromatic carbocycles. The largest absolute Gasteiger partial charge is 0.496 e. The third-order valence-electron chi connectivity index (χ3n) is 6.66. The molecule has 0 radical (unpaired) electrons. The summed E-state index contributed by atoms with van der Waals surface area (Å²) in [6, 6.07) is 5.93.